The summed E-state index contributed by atoms with van der Waals surface area (Å²) in [6, 6.07) is 0. The van der Waals surface area contributed by atoms with Crippen LogP contribution in [0.1, 0.15) is 19.8 Å². The molecule has 2 nitrogen and oxygen atoms in total. The van der Waals surface area contributed by atoms with Crippen molar-refractivity contribution in [1.82, 2.24) is 4.90 Å². The fraction of sp³-hybridized carbons (Fsp3) is 0.636. The van der Waals surface area contributed by atoms with Gasteiger partial charge in [0.15, 0.2) is 0 Å². The summed E-state index contributed by atoms with van der Waals surface area (Å²) in [5.74, 6) is 0.701. The monoisotopic (exact) mass is 180 g/mol. The van der Waals surface area contributed by atoms with Crippen LogP contribution in [0.5, 0.6) is 0 Å². The topological polar surface area (TPSA) is 29.3 Å². The van der Waals surface area contributed by atoms with Crippen LogP contribution in [0.3, 0.4) is 0 Å². The molecular weight excluding hydrogens is 160 g/mol. The van der Waals surface area contributed by atoms with Crippen LogP contribution in [0.15, 0.2) is 23.9 Å². The van der Waals surface area contributed by atoms with E-state index in [4.69, 9.17) is 5.73 Å². The molecule has 0 saturated heterocycles. The molecule has 0 aromatic carbocycles. The van der Waals surface area contributed by atoms with Gasteiger partial charge >= 0.3 is 0 Å². The van der Waals surface area contributed by atoms with Gasteiger partial charge in [-0.2, -0.15) is 0 Å². The van der Waals surface area contributed by atoms with E-state index in [-0.39, 0.29) is 0 Å². The van der Waals surface area contributed by atoms with Crippen molar-refractivity contribution in [3.63, 3.8) is 0 Å². The predicted molar refractivity (Wildman–Crippen MR) is 57.3 cm³/mol. The third kappa shape index (κ3) is 3.64. The molecule has 0 radical (unpaired) electrons. The van der Waals surface area contributed by atoms with Crippen LogP contribution in [-0.4, -0.2) is 25.0 Å². The molecule has 0 saturated carbocycles. The molecule has 0 aromatic rings. The van der Waals surface area contributed by atoms with Gasteiger partial charge in [0.25, 0.3) is 0 Å². The Bertz CT molecular complexity index is 206. The summed E-state index contributed by atoms with van der Waals surface area (Å²) < 4.78 is 0. The smallest absolute Gasteiger partial charge is 0.0354 e. The van der Waals surface area contributed by atoms with E-state index in [9.17, 15) is 0 Å². The highest BCUT2D eigenvalue weighted by molar-refractivity contribution is 5.22. The minimum atomic E-state index is 0.701. The van der Waals surface area contributed by atoms with Crippen molar-refractivity contribution >= 4 is 0 Å². The number of allylic oxidation sites excluding steroid dienone is 2. The van der Waals surface area contributed by atoms with E-state index < -0.39 is 0 Å². The molecule has 1 heterocycles. The van der Waals surface area contributed by atoms with Gasteiger partial charge in [0.05, 0.1) is 0 Å². The van der Waals surface area contributed by atoms with Gasteiger partial charge in [-0.3, -0.25) is 0 Å². The van der Waals surface area contributed by atoms with Gasteiger partial charge in [-0.05, 0) is 30.9 Å². The number of hydrogen-bond donors (Lipinski definition) is 1. The van der Waals surface area contributed by atoms with Crippen molar-refractivity contribution in [2.45, 2.75) is 19.8 Å². The third-order valence-corrected chi connectivity index (χ3v) is 2.36. The zero-order valence-electron chi connectivity index (χ0n) is 8.66. The van der Waals surface area contributed by atoms with Crippen LogP contribution < -0.4 is 5.73 Å². The first-order valence-electron chi connectivity index (χ1n) is 5.00. The maximum atomic E-state index is 5.51. The summed E-state index contributed by atoms with van der Waals surface area (Å²) in [5.41, 5.74) is 6.94. The van der Waals surface area contributed by atoms with Crippen molar-refractivity contribution < 1.29 is 0 Å². The molecule has 74 valence electrons. The molecule has 2 heteroatoms. The SMILES string of the molecule is CC(CCN)CC1=CN(C)CC=C1. The Kier molecular flexibility index (Phi) is 4.03. The van der Waals surface area contributed by atoms with Crippen molar-refractivity contribution in [3.8, 4) is 0 Å². The lowest BCUT2D eigenvalue weighted by Crippen LogP contribution is -2.15. The molecule has 1 atom stereocenters. The molecule has 1 aliphatic rings. The summed E-state index contributed by atoms with van der Waals surface area (Å²) in [4.78, 5) is 2.21. The molecule has 13 heavy (non-hydrogen) atoms. The Balaban J connectivity index is 2.39. The van der Waals surface area contributed by atoms with Gasteiger partial charge in [-0.1, -0.05) is 19.1 Å². The van der Waals surface area contributed by atoms with E-state index in [1.807, 2.05) is 0 Å². The zero-order chi connectivity index (χ0) is 9.68. The zero-order valence-corrected chi connectivity index (χ0v) is 8.66. The predicted octanol–water partition coefficient (Wildman–Crippen LogP) is 1.75. The Labute approximate surface area is 81.1 Å². The molecule has 0 amide bonds. The molecule has 0 aliphatic carbocycles. The number of rotatable bonds is 4. The normalized spacial score (nSPS) is 18.7. The fourth-order valence-corrected chi connectivity index (χ4v) is 1.66. The Morgan fingerprint density at radius 1 is 1.62 bits per heavy atom. The van der Waals surface area contributed by atoms with Gasteiger partial charge in [-0.25, -0.2) is 0 Å². The summed E-state index contributed by atoms with van der Waals surface area (Å²) in [6.07, 6.45) is 8.94. The number of hydrogen-bond acceptors (Lipinski definition) is 2. The minimum Gasteiger partial charge on any atom is -0.376 e. The number of nitrogens with zero attached hydrogens (tertiary/aromatic N) is 1. The highest BCUT2D eigenvalue weighted by atomic mass is 15.1. The largest absolute Gasteiger partial charge is 0.376 e. The van der Waals surface area contributed by atoms with E-state index in [2.05, 4.69) is 37.2 Å². The van der Waals surface area contributed by atoms with Crippen LogP contribution in [-0.2, 0) is 0 Å². The van der Waals surface area contributed by atoms with Crippen LogP contribution in [0.2, 0.25) is 0 Å². The average molecular weight is 180 g/mol. The quantitative estimate of drug-likeness (QED) is 0.714. The second-order valence-corrected chi connectivity index (χ2v) is 3.93. The van der Waals surface area contributed by atoms with Gasteiger partial charge in [-0.15, -0.1) is 0 Å². The van der Waals surface area contributed by atoms with E-state index in [0.717, 1.165) is 25.9 Å². The maximum absolute atomic E-state index is 5.51. The molecule has 1 aliphatic heterocycles. The van der Waals surface area contributed by atoms with E-state index >= 15 is 0 Å². The summed E-state index contributed by atoms with van der Waals surface area (Å²) in [5, 5.41) is 0. The van der Waals surface area contributed by atoms with E-state index in [1.165, 1.54) is 5.57 Å². The van der Waals surface area contributed by atoms with Gasteiger partial charge in [0.2, 0.25) is 0 Å². The second kappa shape index (κ2) is 5.07. The van der Waals surface area contributed by atoms with Crippen LogP contribution in [0, 0.1) is 5.92 Å². The first kappa shape index (κ1) is 10.3. The van der Waals surface area contributed by atoms with Gasteiger partial charge in [0.1, 0.15) is 0 Å². The lowest BCUT2D eigenvalue weighted by Gasteiger charge is -2.19. The number of nitrogens with two attached hydrogens (primary N) is 1. The third-order valence-electron chi connectivity index (χ3n) is 2.36. The van der Waals surface area contributed by atoms with Crippen molar-refractivity contribution in [2.75, 3.05) is 20.1 Å². The first-order valence-corrected chi connectivity index (χ1v) is 5.00. The van der Waals surface area contributed by atoms with Gasteiger partial charge < -0.3 is 10.6 Å². The lowest BCUT2D eigenvalue weighted by atomic mass is 9.97. The van der Waals surface area contributed by atoms with Crippen molar-refractivity contribution in [1.29, 1.82) is 0 Å². The second-order valence-electron chi connectivity index (χ2n) is 3.93. The van der Waals surface area contributed by atoms with Crippen LogP contribution in [0.4, 0.5) is 0 Å². The summed E-state index contributed by atoms with van der Waals surface area (Å²) in [7, 11) is 2.11. The Hall–Kier alpha value is -0.760. The van der Waals surface area contributed by atoms with Crippen molar-refractivity contribution in [2.24, 2.45) is 11.7 Å². The Morgan fingerprint density at radius 3 is 3.00 bits per heavy atom. The van der Waals surface area contributed by atoms with Crippen molar-refractivity contribution in [3.05, 3.63) is 23.9 Å². The standard InChI is InChI=1S/C11H20N2/c1-10(5-6-12)8-11-4-3-7-13(2)9-11/h3-4,9-10H,5-8,12H2,1-2H3. The van der Waals surface area contributed by atoms with Crippen LogP contribution >= 0.6 is 0 Å². The molecular formula is C11H20N2. The molecule has 2 N–H and O–H groups in total. The van der Waals surface area contributed by atoms with E-state index in [0.29, 0.717) is 5.92 Å². The first-order chi connectivity index (χ1) is 6.22. The number of likely N-dealkylation sites (N-methyl/N-ethyl adjacent to an activating group) is 1. The molecule has 0 aromatic heterocycles. The highest BCUT2D eigenvalue weighted by Gasteiger charge is 2.06. The molecule has 0 spiro atoms. The maximum Gasteiger partial charge on any atom is 0.0354 e. The summed E-state index contributed by atoms with van der Waals surface area (Å²) >= 11 is 0. The van der Waals surface area contributed by atoms with Crippen LogP contribution in [0.25, 0.3) is 0 Å². The average Bonchev–Trinajstić information content (AvgIpc) is 2.04. The molecule has 1 unspecified atom stereocenters. The molecule has 1 rings (SSSR count). The lowest BCUT2D eigenvalue weighted by molar-refractivity contribution is 0.482. The Morgan fingerprint density at radius 2 is 2.38 bits per heavy atom. The fourth-order valence-electron chi connectivity index (χ4n) is 1.66. The van der Waals surface area contributed by atoms with E-state index in [1.54, 1.807) is 0 Å². The minimum absolute atomic E-state index is 0.701. The molecule has 0 fully saturated rings. The summed E-state index contributed by atoms with van der Waals surface area (Å²) in [6.45, 7) is 4.10. The molecule has 0 bridgehead atoms. The highest BCUT2D eigenvalue weighted by Crippen LogP contribution is 2.17. The van der Waals surface area contributed by atoms with Gasteiger partial charge in [0, 0.05) is 19.8 Å².